The highest BCUT2D eigenvalue weighted by Crippen LogP contribution is 2.16. The molecule has 0 spiro atoms. The van der Waals surface area contributed by atoms with Gasteiger partial charge in [0.15, 0.2) is 0 Å². The first kappa shape index (κ1) is 27.8. The average molecular weight is 530 g/mol. The molecule has 0 bridgehead atoms. The Balaban J connectivity index is 1.55. The second-order valence-corrected chi connectivity index (χ2v) is 9.46. The van der Waals surface area contributed by atoms with Crippen molar-refractivity contribution in [3.05, 3.63) is 64.1 Å². The zero-order chi connectivity index (χ0) is 24.4. The molecule has 2 aromatic rings. The van der Waals surface area contributed by atoms with Gasteiger partial charge in [-0.2, -0.15) is 5.10 Å². The number of unbranched alkanes of at least 4 members (excludes halogenated alkanes) is 10. The highest BCUT2D eigenvalue weighted by atomic mass is 79.9. The molecule has 0 saturated heterocycles. The number of carbonyl (C=O) groups is 2. The third-order valence-corrected chi connectivity index (χ3v) is 6.11. The standard InChI is InChI=1S/C28H37BrN2O3/c1-2-3-4-5-6-7-8-9-10-11-12-13-27(32)31-30-22-23-14-20-26(21-15-23)34-28(33)24-16-18-25(29)19-17-24/h14-22H,2-13H2,1H3,(H,31,32). The summed E-state index contributed by atoms with van der Waals surface area (Å²) in [4.78, 5) is 24.1. The molecule has 2 aromatic carbocycles. The number of nitrogens with zero attached hydrogens (tertiary/aromatic N) is 1. The lowest BCUT2D eigenvalue weighted by Gasteiger charge is -2.05. The molecule has 0 fully saturated rings. The highest BCUT2D eigenvalue weighted by Gasteiger charge is 2.08. The first-order chi connectivity index (χ1) is 16.6. The van der Waals surface area contributed by atoms with Crippen molar-refractivity contribution in [3.63, 3.8) is 0 Å². The maximum Gasteiger partial charge on any atom is 0.343 e. The lowest BCUT2D eigenvalue weighted by molar-refractivity contribution is -0.121. The topological polar surface area (TPSA) is 67.8 Å². The van der Waals surface area contributed by atoms with Crippen LogP contribution in [0.4, 0.5) is 0 Å². The number of hydrogen-bond donors (Lipinski definition) is 1. The summed E-state index contributed by atoms with van der Waals surface area (Å²) in [5, 5.41) is 4.02. The summed E-state index contributed by atoms with van der Waals surface area (Å²) >= 11 is 3.34. The fraction of sp³-hybridized carbons (Fsp3) is 0.464. The van der Waals surface area contributed by atoms with Crippen molar-refractivity contribution in [3.8, 4) is 5.75 Å². The van der Waals surface area contributed by atoms with Gasteiger partial charge in [-0.1, -0.05) is 87.1 Å². The number of amides is 1. The van der Waals surface area contributed by atoms with Crippen LogP contribution in [0.5, 0.6) is 5.75 Å². The van der Waals surface area contributed by atoms with Crippen molar-refractivity contribution in [1.82, 2.24) is 5.43 Å². The fourth-order valence-electron chi connectivity index (χ4n) is 3.56. The predicted octanol–water partition coefficient (Wildman–Crippen LogP) is 7.82. The zero-order valence-electron chi connectivity index (χ0n) is 20.2. The van der Waals surface area contributed by atoms with Crippen LogP contribution in [0, 0.1) is 0 Å². The molecule has 34 heavy (non-hydrogen) atoms. The van der Waals surface area contributed by atoms with Crippen LogP contribution in [0.15, 0.2) is 58.1 Å². The monoisotopic (exact) mass is 528 g/mol. The van der Waals surface area contributed by atoms with Crippen LogP contribution in [-0.4, -0.2) is 18.1 Å². The largest absolute Gasteiger partial charge is 0.423 e. The van der Waals surface area contributed by atoms with Gasteiger partial charge in [-0.15, -0.1) is 0 Å². The van der Waals surface area contributed by atoms with Gasteiger partial charge in [0, 0.05) is 10.9 Å². The Hall–Kier alpha value is -2.47. The number of carbonyl (C=O) groups excluding carboxylic acids is 2. The number of hydrogen-bond acceptors (Lipinski definition) is 4. The molecule has 6 heteroatoms. The van der Waals surface area contributed by atoms with Gasteiger partial charge in [0.2, 0.25) is 5.91 Å². The van der Waals surface area contributed by atoms with E-state index in [0.717, 1.165) is 22.9 Å². The summed E-state index contributed by atoms with van der Waals surface area (Å²) in [5.41, 5.74) is 3.87. The van der Waals surface area contributed by atoms with E-state index in [4.69, 9.17) is 4.74 Å². The lowest BCUT2D eigenvalue weighted by Crippen LogP contribution is -2.16. The van der Waals surface area contributed by atoms with Crippen LogP contribution in [0.3, 0.4) is 0 Å². The summed E-state index contributed by atoms with van der Waals surface area (Å²) < 4.78 is 6.28. The Kier molecular flexibility index (Phi) is 13.9. The minimum absolute atomic E-state index is 0.0628. The molecular weight excluding hydrogens is 492 g/mol. The molecule has 0 atom stereocenters. The summed E-state index contributed by atoms with van der Waals surface area (Å²) in [5.74, 6) is -0.0265. The molecular formula is C28H37BrN2O3. The Morgan fingerprint density at radius 3 is 1.97 bits per heavy atom. The van der Waals surface area contributed by atoms with E-state index in [0.29, 0.717) is 17.7 Å². The second kappa shape index (κ2) is 17.0. The Labute approximate surface area is 212 Å². The molecule has 184 valence electrons. The third-order valence-electron chi connectivity index (χ3n) is 5.58. The number of esters is 1. The first-order valence-electron chi connectivity index (χ1n) is 12.5. The minimum Gasteiger partial charge on any atom is -0.423 e. The smallest absolute Gasteiger partial charge is 0.343 e. The van der Waals surface area contributed by atoms with E-state index in [1.807, 2.05) is 0 Å². The normalized spacial score (nSPS) is 11.0. The zero-order valence-corrected chi connectivity index (χ0v) is 21.8. The number of benzene rings is 2. The van der Waals surface area contributed by atoms with E-state index in [-0.39, 0.29) is 5.91 Å². The molecule has 1 amide bonds. The molecule has 2 rings (SSSR count). The molecule has 0 saturated carbocycles. The van der Waals surface area contributed by atoms with E-state index in [2.05, 4.69) is 33.4 Å². The molecule has 0 aliphatic rings. The molecule has 0 heterocycles. The average Bonchev–Trinajstić information content (AvgIpc) is 2.84. The van der Waals surface area contributed by atoms with Crippen LogP contribution >= 0.6 is 15.9 Å². The highest BCUT2D eigenvalue weighted by molar-refractivity contribution is 9.10. The van der Waals surface area contributed by atoms with Gasteiger partial charge in [-0.05, 0) is 60.5 Å². The van der Waals surface area contributed by atoms with Gasteiger partial charge >= 0.3 is 5.97 Å². The van der Waals surface area contributed by atoms with Crippen molar-refractivity contribution in [2.24, 2.45) is 5.10 Å². The first-order valence-corrected chi connectivity index (χ1v) is 13.3. The van der Waals surface area contributed by atoms with Gasteiger partial charge in [0.25, 0.3) is 0 Å². The van der Waals surface area contributed by atoms with Crippen LogP contribution in [0.2, 0.25) is 0 Å². The number of rotatable bonds is 16. The number of hydrazone groups is 1. The van der Waals surface area contributed by atoms with Crippen LogP contribution in [0.1, 0.15) is 99.9 Å². The van der Waals surface area contributed by atoms with E-state index in [1.165, 1.54) is 57.8 Å². The second-order valence-electron chi connectivity index (χ2n) is 8.54. The molecule has 0 unspecified atom stereocenters. The predicted molar refractivity (Wildman–Crippen MR) is 142 cm³/mol. The van der Waals surface area contributed by atoms with Gasteiger partial charge in [-0.3, -0.25) is 4.79 Å². The number of ether oxygens (including phenoxy) is 1. The van der Waals surface area contributed by atoms with Crippen molar-refractivity contribution in [2.75, 3.05) is 0 Å². The van der Waals surface area contributed by atoms with Gasteiger partial charge in [0.1, 0.15) is 5.75 Å². The lowest BCUT2D eigenvalue weighted by atomic mass is 10.1. The molecule has 5 nitrogen and oxygen atoms in total. The maximum atomic E-state index is 12.2. The van der Waals surface area contributed by atoms with Gasteiger partial charge in [-0.25, -0.2) is 10.2 Å². The summed E-state index contributed by atoms with van der Waals surface area (Å²) in [6.45, 7) is 2.25. The van der Waals surface area contributed by atoms with Crippen LogP contribution in [0.25, 0.3) is 0 Å². The van der Waals surface area contributed by atoms with E-state index >= 15 is 0 Å². The maximum absolute atomic E-state index is 12.2. The summed E-state index contributed by atoms with van der Waals surface area (Å²) in [6, 6.07) is 14.0. The Bertz CT molecular complexity index is 880. The molecule has 0 radical (unpaired) electrons. The molecule has 1 N–H and O–H groups in total. The van der Waals surface area contributed by atoms with Gasteiger partial charge < -0.3 is 4.74 Å². The molecule has 0 aliphatic carbocycles. The molecule has 0 aromatic heterocycles. The Morgan fingerprint density at radius 2 is 1.38 bits per heavy atom. The Morgan fingerprint density at radius 1 is 0.824 bits per heavy atom. The third kappa shape index (κ3) is 12.1. The van der Waals surface area contributed by atoms with Crippen molar-refractivity contribution in [1.29, 1.82) is 0 Å². The van der Waals surface area contributed by atoms with Crippen LogP contribution < -0.4 is 10.2 Å². The van der Waals surface area contributed by atoms with E-state index in [9.17, 15) is 9.59 Å². The van der Waals surface area contributed by atoms with E-state index < -0.39 is 5.97 Å². The number of nitrogens with one attached hydrogen (secondary N) is 1. The van der Waals surface area contributed by atoms with Gasteiger partial charge in [0.05, 0.1) is 11.8 Å². The minimum atomic E-state index is -0.413. The van der Waals surface area contributed by atoms with Crippen LogP contribution in [-0.2, 0) is 4.79 Å². The van der Waals surface area contributed by atoms with E-state index in [1.54, 1.807) is 54.7 Å². The molecule has 0 aliphatic heterocycles. The number of halogens is 1. The van der Waals surface area contributed by atoms with Crippen molar-refractivity contribution < 1.29 is 14.3 Å². The quantitative estimate of drug-likeness (QED) is 0.0793. The summed E-state index contributed by atoms with van der Waals surface area (Å²) in [7, 11) is 0. The van der Waals surface area contributed by atoms with Crippen molar-refractivity contribution >= 4 is 34.0 Å². The SMILES string of the molecule is CCCCCCCCCCCCCC(=O)NN=Cc1ccc(OC(=O)c2ccc(Br)cc2)cc1. The fourth-order valence-corrected chi connectivity index (χ4v) is 3.82. The van der Waals surface area contributed by atoms with Crippen molar-refractivity contribution in [2.45, 2.75) is 84.0 Å². The summed E-state index contributed by atoms with van der Waals surface area (Å²) in [6.07, 6.45) is 16.0.